The van der Waals surface area contributed by atoms with Crippen LogP contribution in [0.4, 0.5) is 0 Å². The monoisotopic (exact) mass is 382 g/mol. The Labute approximate surface area is 163 Å². The molecule has 0 saturated heterocycles. The van der Waals surface area contributed by atoms with E-state index in [1.807, 2.05) is 24.3 Å². The van der Waals surface area contributed by atoms with E-state index in [1.165, 1.54) is 0 Å². The maximum atomic E-state index is 12.4. The Bertz CT molecular complexity index is 919. The van der Waals surface area contributed by atoms with Gasteiger partial charge >= 0.3 is 0 Å². The lowest BCUT2D eigenvalue weighted by molar-refractivity contribution is 0.0950. The van der Waals surface area contributed by atoms with Gasteiger partial charge in [0.2, 0.25) is 0 Å². The molecule has 0 atom stereocenters. The summed E-state index contributed by atoms with van der Waals surface area (Å²) in [4.78, 5) is 17.0. The first-order valence-electron chi connectivity index (χ1n) is 8.68. The van der Waals surface area contributed by atoms with Crippen LogP contribution in [0, 0.1) is 0 Å². The highest BCUT2D eigenvalue weighted by Gasteiger charge is 2.11. The molecule has 3 rings (SSSR count). The van der Waals surface area contributed by atoms with E-state index in [0.717, 1.165) is 28.2 Å². The lowest BCUT2D eigenvalue weighted by atomic mass is 10.1. The minimum Gasteiger partial charge on any atom is -0.493 e. The number of benzene rings is 2. The molecule has 0 aliphatic carbocycles. The van der Waals surface area contributed by atoms with Gasteiger partial charge in [-0.15, -0.1) is 11.3 Å². The lowest BCUT2D eigenvalue weighted by Gasteiger charge is -2.10. The standard InChI is InChI=1S/C21H22N2O3S/c1-4-17-13-27-21(23-17)15-7-5-14(6-8-15)12-22-20(24)16-9-10-18(25-2)19(11-16)26-3/h5-11,13H,4,12H2,1-3H3,(H,22,24). The summed E-state index contributed by atoms with van der Waals surface area (Å²) < 4.78 is 10.4. The molecule has 0 saturated carbocycles. The van der Waals surface area contributed by atoms with Crippen LogP contribution in [0.25, 0.3) is 10.6 Å². The number of aromatic nitrogens is 1. The Kier molecular flexibility index (Phi) is 6.08. The van der Waals surface area contributed by atoms with Gasteiger partial charge in [0.1, 0.15) is 5.01 Å². The smallest absolute Gasteiger partial charge is 0.251 e. The number of nitrogens with zero attached hydrogens (tertiary/aromatic N) is 1. The van der Waals surface area contributed by atoms with Gasteiger partial charge in [0, 0.05) is 23.1 Å². The number of hydrogen-bond donors (Lipinski definition) is 1. The van der Waals surface area contributed by atoms with Gasteiger partial charge in [0.25, 0.3) is 5.91 Å². The van der Waals surface area contributed by atoms with Gasteiger partial charge < -0.3 is 14.8 Å². The quantitative estimate of drug-likeness (QED) is 0.661. The average Bonchev–Trinajstić information content (AvgIpc) is 3.21. The maximum Gasteiger partial charge on any atom is 0.251 e. The molecule has 0 unspecified atom stereocenters. The topological polar surface area (TPSA) is 60.5 Å². The molecule has 1 heterocycles. The first-order valence-corrected chi connectivity index (χ1v) is 9.56. The van der Waals surface area contributed by atoms with Gasteiger partial charge in [-0.2, -0.15) is 0 Å². The molecule has 6 heteroatoms. The Hall–Kier alpha value is -2.86. The molecule has 0 bridgehead atoms. The fourth-order valence-corrected chi connectivity index (χ4v) is 3.54. The Morgan fingerprint density at radius 2 is 1.81 bits per heavy atom. The zero-order chi connectivity index (χ0) is 19.2. The number of carbonyl (C=O) groups excluding carboxylic acids is 1. The second kappa shape index (κ2) is 8.68. The van der Waals surface area contributed by atoms with Gasteiger partial charge in [-0.3, -0.25) is 4.79 Å². The highest BCUT2D eigenvalue weighted by atomic mass is 32.1. The van der Waals surface area contributed by atoms with E-state index in [0.29, 0.717) is 23.6 Å². The van der Waals surface area contributed by atoms with E-state index in [4.69, 9.17) is 9.47 Å². The number of aryl methyl sites for hydroxylation is 1. The SMILES string of the molecule is CCc1csc(-c2ccc(CNC(=O)c3ccc(OC)c(OC)c3)cc2)n1. The third-order valence-electron chi connectivity index (χ3n) is 4.21. The van der Waals surface area contributed by atoms with Crippen LogP contribution in [0.3, 0.4) is 0 Å². The fourth-order valence-electron chi connectivity index (χ4n) is 2.63. The molecule has 0 radical (unpaired) electrons. The summed E-state index contributed by atoms with van der Waals surface area (Å²) >= 11 is 1.65. The van der Waals surface area contributed by atoms with Crippen molar-refractivity contribution in [2.75, 3.05) is 14.2 Å². The van der Waals surface area contributed by atoms with Crippen LogP contribution < -0.4 is 14.8 Å². The van der Waals surface area contributed by atoms with E-state index in [9.17, 15) is 4.79 Å². The van der Waals surface area contributed by atoms with Crippen molar-refractivity contribution in [3.8, 4) is 22.1 Å². The van der Waals surface area contributed by atoms with Crippen LogP contribution in [0.2, 0.25) is 0 Å². The van der Waals surface area contributed by atoms with Crippen LogP contribution in [0.1, 0.15) is 28.5 Å². The summed E-state index contributed by atoms with van der Waals surface area (Å²) in [5.74, 6) is 0.968. The van der Waals surface area contributed by atoms with E-state index >= 15 is 0 Å². The summed E-state index contributed by atoms with van der Waals surface area (Å²) in [7, 11) is 3.11. The van der Waals surface area contributed by atoms with Crippen molar-refractivity contribution >= 4 is 17.2 Å². The van der Waals surface area contributed by atoms with Crippen LogP contribution >= 0.6 is 11.3 Å². The molecule has 27 heavy (non-hydrogen) atoms. The highest BCUT2D eigenvalue weighted by Crippen LogP contribution is 2.27. The molecule has 1 N–H and O–H groups in total. The largest absolute Gasteiger partial charge is 0.493 e. The second-order valence-corrected chi connectivity index (χ2v) is 6.81. The van der Waals surface area contributed by atoms with Crippen molar-refractivity contribution in [3.05, 3.63) is 64.7 Å². The van der Waals surface area contributed by atoms with E-state index in [2.05, 4.69) is 22.6 Å². The number of ether oxygens (including phenoxy) is 2. The molecular weight excluding hydrogens is 360 g/mol. The Morgan fingerprint density at radius 1 is 1.07 bits per heavy atom. The molecule has 0 aliphatic rings. The maximum absolute atomic E-state index is 12.4. The minimum atomic E-state index is -0.160. The predicted octanol–water partition coefficient (Wildman–Crippen LogP) is 4.32. The summed E-state index contributed by atoms with van der Waals surface area (Å²) in [5.41, 5.74) is 3.76. The second-order valence-electron chi connectivity index (χ2n) is 5.95. The highest BCUT2D eigenvalue weighted by molar-refractivity contribution is 7.13. The van der Waals surface area contributed by atoms with Crippen molar-refractivity contribution in [3.63, 3.8) is 0 Å². The van der Waals surface area contributed by atoms with Crippen molar-refractivity contribution < 1.29 is 14.3 Å². The predicted molar refractivity (Wildman–Crippen MR) is 108 cm³/mol. The molecule has 0 aliphatic heterocycles. The van der Waals surface area contributed by atoms with Crippen LogP contribution in [0.5, 0.6) is 11.5 Å². The molecule has 0 spiro atoms. The lowest BCUT2D eigenvalue weighted by Crippen LogP contribution is -2.22. The third kappa shape index (κ3) is 4.46. The summed E-state index contributed by atoms with van der Waals surface area (Å²) in [6.45, 7) is 2.55. The van der Waals surface area contributed by atoms with Crippen molar-refractivity contribution in [1.82, 2.24) is 10.3 Å². The molecule has 5 nitrogen and oxygen atoms in total. The summed E-state index contributed by atoms with van der Waals surface area (Å²) in [6.07, 6.45) is 0.941. The van der Waals surface area contributed by atoms with Gasteiger partial charge in [-0.05, 0) is 30.2 Å². The zero-order valence-electron chi connectivity index (χ0n) is 15.6. The first-order chi connectivity index (χ1) is 13.1. The van der Waals surface area contributed by atoms with E-state index in [-0.39, 0.29) is 5.91 Å². The van der Waals surface area contributed by atoms with Crippen molar-refractivity contribution in [1.29, 1.82) is 0 Å². The van der Waals surface area contributed by atoms with Crippen LogP contribution in [-0.2, 0) is 13.0 Å². The molecule has 1 aromatic heterocycles. The van der Waals surface area contributed by atoms with Crippen molar-refractivity contribution in [2.45, 2.75) is 19.9 Å². The van der Waals surface area contributed by atoms with Gasteiger partial charge in [0.15, 0.2) is 11.5 Å². The normalized spacial score (nSPS) is 10.5. The number of nitrogens with one attached hydrogen (secondary N) is 1. The van der Waals surface area contributed by atoms with Crippen molar-refractivity contribution in [2.24, 2.45) is 0 Å². The molecule has 140 valence electrons. The van der Waals surface area contributed by atoms with Gasteiger partial charge in [-0.1, -0.05) is 31.2 Å². The number of hydrogen-bond acceptors (Lipinski definition) is 5. The third-order valence-corrected chi connectivity index (χ3v) is 5.15. The van der Waals surface area contributed by atoms with E-state index < -0.39 is 0 Å². The molecular formula is C21H22N2O3S. The number of amides is 1. The number of rotatable bonds is 7. The van der Waals surface area contributed by atoms with Crippen LogP contribution in [-0.4, -0.2) is 25.1 Å². The summed E-state index contributed by atoms with van der Waals surface area (Å²) in [6, 6.07) is 13.2. The number of methoxy groups -OCH3 is 2. The zero-order valence-corrected chi connectivity index (χ0v) is 16.4. The first kappa shape index (κ1) is 18.9. The molecule has 1 amide bonds. The summed E-state index contributed by atoms with van der Waals surface area (Å²) in [5, 5.41) is 6.04. The Morgan fingerprint density at radius 3 is 2.44 bits per heavy atom. The fraction of sp³-hybridized carbons (Fsp3) is 0.238. The molecule has 3 aromatic rings. The number of carbonyl (C=O) groups is 1. The molecule has 0 fully saturated rings. The average molecular weight is 382 g/mol. The van der Waals surface area contributed by atoms with Crippen LogP contribution in [0.15, 0.2) is 47.8 Å². The Balaban J connectivity index is 1.63. The van der Waals surface area contributed by atoms with Gasteiger partial charge in [0.05, 0.1) is 19.9 Å². The van der Waals surface area contributed by atoms with E-state index in [1.54, 1.807) is 43.8 Å². The number of thiazole rings is 1. The minimum absolute atomic E-state index is 0.160. The molecule has 2 aromatic carbocycles. The van der Waals surface area contributed by atoms with Gasteiger partial charge in [-0.25, -0.2) is 4.98 Å².